The number of piperidine rings is 1. The number of nitrogens with zero attached hydrogens (tertiary/aromatic N) is 2. The number of imide groups is 1. The monoisotopic (exact) mass is 300 g/mol. The van der Waals surface area contributed by atoms with Crippen LogP contribution in [0.1, 0.15) is 25.7 Å². The number of carbonyl (C=O) groups is 3. The first kappa shape index (κ1) is 14.5. The van der Waals surface area contributed by atoms with Crippen molar-refractivity contribution in [2.45, 2.75) is 31.7 Å². The average molecular weight is 300 g/mol. The number of hydrogen-bond acceptors (Lipinski definition) is 5. The summed E-state index contributed by atoms with van der Waals surface area (Å²) in [6.07, 6.45) is 3.69. The maximum absolute atomic E-state index is 12.4. The molecule has 3 amide bonds. The quantitative estimate of drug-likeness (QED) is 0.651. The number of nitrogens with one attached hydrogen (secondary N) is 2. The molecule has 1 unspecified atom stereocenters. The molecule has 0 aromatic heterocycles. The van der Waals surface area contributed by atoms with Gasteiger partial charge in [-0.1, -0.05) is 12.8 Å². The van der Waals surface area contributed by atoms with Crippen molar-refractivity contribution in [3.05, 3.63) is 0 Å². The zero-order chi connectivity index (χ0) is 15.9. The Hall–Kier alpha value is -2.41. The fourth-order valence-electron chi connectivity index (χ4n) is 4.23. The lowest BCUT2D eigenvalue weighted by atomic mass is 9.65. The zero-order valence-corrected chi connectivity index (χ0v) is 11.9. The second-order valence-electron chi connectivity index (χ2n) is 6.23. The van der Waals surface area contributed by atoms with E-state index in [2.05, 4.69) is 10.6 Å². The second-order valence-corrected chi connectivity index (χ2v) is 6.23. The molecule has 2 heterocycles. The lowest BCUT2D eigenvalue weighted by Crippen LogP contribution is -2.54. The number of fused-ring (bicyclic) bond motifs is 1. The van der Waals surface area contributed by atoms with Gasteiger partial charge < -0.3 is 5.32 Å². The van der Waals surface area contributed by atoms with Gasteiger partial charge in [-0.2, -0.15) is 10.5 Å². The first-order chi connectivity index (χ1) is 10.6. The van der Waals surface area contributed by atoms with Crippen LogP contribution in [-0.4, -0.2) is 23.8 Å². The summed E-state index contributed by atoms with van der Waals surface area (Å²) in [5.74, 6) is -5.38. The molecular formula is C15H16N4O3. The Balaban J connectivity index is 2.00. The van der Waals surface area contributed by atoms with Crippen LogP contribution in [-0.2, 0) is 14.4 Å². The second kappa shape index (κ2) is 5.42. The Labute approximate surface area is 127 Å². The van der Waals surface area contributed by atoms with Crippen molar-refractivity contribution in [1.82, 2.24) is 10.6 Å². The molecule has 7 heteroatoms. The van der Waals surface area contributed by atoms with Crippen LogP contribution in [0.4, 0.5) is 0 Å². The summed E-state index contributed by atoms with van der Waals surface area (Å²) < 4.78 is 0. The lowest BCUT2D eigenvalue weighted by Gasteiger charge is -2.36. The minimum Gasteiger partial charge on any atom is -0.353 e. The molecule has 1 saturated carbocycles. The van der Waals surface area contributed by atoms with E-state index in [9.17, 15) is 24.9 Å². The van der Waals surface area contributed by atoms with E-state index in [1.165, 1.54) is 0 Å². The summed E-state index contributed by atoms with van der Waals surface area (Å²) >= 11 is 0. The van der Waals surface area contributed by atoms with Gasteiger partial charge in [0.2, 0.25) is 17.7 Å². The van der Waals surface area contributed by atoms with E-state index in [0.717, 1.165) is 25.7 Å². The topological polar surface area (TPSA) is 123 Å². The molecule has 6 atom stereocenters. The molecule has 2 aliphatic heterocycles. The molecule has 3 rings (SSSR count). The van der Waals surface area contributed by atoms with Gasteiger partial charge >= 0.3 is 0 Å². The van der Waals surface area contributed by atoms with Gasteiger partial charge in [-0.25, -0.2) is 0 Å². The van der Waals surface area contributed by atoms with E-state index >= 15 is 0 Å². The zero-order valence-electron chi connectivity index (χ0n) is 11.9. The summed E-state index contributed by atoms with van der Waals surface area (Å²) in [5, 5.41) is 23.6. The van der Waals surface area contributed by atoms with E-state index in [4.69, 9.17) is 0 Å². The molecule has 0 aromatic rings. The summed E-state index contributed by atoms with van der Waals surface area (Å²) in [6.45, 7) is 0. The van der Waals surface area contributed by atoms with Gasteiger partial charge in [-0.3, -0.25) is 19.7 Å². The largest absolute Gasteiger partial charge is 0.353 e. The van der Waals surface area contributed by atoms with Gasteiger partial charge in [0, 0.05) is 17.9 Å². The van der Waals surface area contributed by atoms with Crippen molar-refractivity contribution in [2.75, 3.05) is 0 Å². The van der Waals surface area contributed by atoms with E-state index in [1.807, 2.05) is 12.1 Å². The van der Waals surface area contributed by atoms with Gasteiger partial charge in [0.15, 0.2) is 0 Å². The number of amides is 3. The van der Waals surface area contributed by atoms with Crippen LogP contribution >= 0.6 is 0 Å². The first-order valence-electron chi connectivity index (χ1n) is 7.52. The van der Waals surface area contributed by atoms with Crippen molar-refractivity contribution in [3.63, 3.8) is 0 Å². The molecule has 0 radical (unpaired) electrons. The smallest absolute Gasteiger partial charge is 0.244 e. The number of hydrogen-bond donors (Lipinski definition) is 2. The van der Waals surface area contributed by atoms with Crippen LogP contribution in [0.25, 0.3) is 0 Å². The Morgan fingerprint density at radius 3 is 2.09 bits per heavy atom. The van der Waals surface area contributed by atoms with Gasteiger partial charge in [-0.15, -0.1) is 0 Å². The highest BCUT2D eigenvalue weighted by Gasteiger charge is 2.56. The van der Waals surface area contributed by atoms with Crippen LogP contribution in [0.15, 0.2) is 0 Å². The maximum atomic E-state index is 12.4. The van der Waals surface area contributed by atoms with Crippen molar-refractivity contribution in [3.8, 4) is 12.1 Å². The summed E-state index contributed by atoms with van der Waals surface area (Å²) in [5.41, 5.74) is 0. The third-order valence-corrected chi connectivity index (χ3v) is 5.19. The molecule has 0 bridgehead atoms. The lowest BCUT2D eigenvalue weighted by molar-refractivity contribution is -0.143. The van der Waals surface area contributed by atoms with E-state index < -0.39 is 35.5 Å². The first-order valence-corrected chi connectivity index (χ1v) is 7.52. The summed E-state index contributed by atoms with van der Waals surface area (Å²) in [4.78, 5) is 36.3. The van der Waals surface area contributed by atoms with Crippen LogP contribution in [0.2, 0.25) is 0 Å². The highest BCUT2D eigenvalue weighted by molar-refractivity contribution is 6.03. The van der Waals surface area contributed by atoms with Crippen molar-refractivity contribution >= 4 is 17.7 Å². The highest BCUT2D eigenvalue weighted by atomic mass is 16.2. The van der Waals surface area contributed by atoms with E-state index in [1.54, 1.807) is 0 Å². The fourth-order valence-corrected chi connectivity index (χ4v) is 4.23. The minimum atomic E-state index is -1.14. The Bertz CT molecular complexity index is 585. The molecule has 1 aliphatic carbocycles. The van der Waals surface area contributed by atoms with E-state index in [0.29, 0.717) is 0 Å². The minimum absolute atomic E-state index is 0.00310. The molecule has 2 saturated heterocycles. The molecule has 22 heavy (non-hydrogen) atoms. The van der Waals surface area contributed by atoms with Crippen molar-refractivity contribution in [1.29, 1.82) is 10.5 Å². The predicted molar refractivity (Wildman–Crippen MR) is 72.2 cm³/mol. The van der Waals surface area contributed by atoms with Crippen LogP contribution in [0.3, 0.4) is 0 Å². The van der Waals surface area contributed by atoms with Crippen LogP contribution in [0, 0.1) is 52.3 Å². The fraction of sp³-hybridized carbons (Fsp3) is 0.667. The van der Waals surface area contributed by atoms with Gasteiger partial charge in [0.1, 0.15) is 11.8 Å². The van der Waals surface area contributed by atoms with Gasteiger partial charge in [-0.05, 0) is 18.8 Å². The third-order valence-electron chi connectivity index (χ3n) is 5.19. The molecule has 3 aliphatic rings. The number of carbonyl (C=O) groups excluding carboxylic acids is 3. The number of nitriles is 2. The molecule has 3 fully saturated rings. The summed E-state index contributed by atoms with van der Waals surface area (Å²) in [6, 6.07) is 3.80. The third kappa shape index (κ3) is 2.05. The number of rotatable bonds is 1. The molecule has 0 spiro atoms. The average Bonchev–Trinajstić information content (AvgIpc) is 2.82. The maximum Gasteiger partial charge on any atom is 0.244 e. The Morgan fingerprint density at radius 2 is 1.50 bits per heavy atom. The van der Waals surface area contributed by atoms with Crippen LogP contribution < -0.4 is 10.6 Å². The van der Waals surface area contributed by atoms with Gasteiger partial charge in [0.05, 0.1) is 12.1 Å². The van der Waals surface area contributed by atoms with Crippen molar-refractivity contribution in [2.24, 2.45) is 29.6 Å². The summed E-state index contributed by atoms with van der Waals surface area (Å²) in [7, 11) is 0. The van der Waals surface area contributed by atoms with Crippen LogP contribution in [0.5, 0.6) is 0 Å². The van der Waals surface area contributed by atoms with E-state index in [-0.39, 0.29) is 17.9 Å². The SMILES string of the molecule is N#C[C@@H]1C(=O)NC(=O)[C@H](C#N)C1[C@@H]1C(=O)N[C@@H]2CCCC[C@H]21. The standard InChI is InChI=1S/C15H16N4O3/c16-5-8-11(9(6-17)14(21)19-13(8)20)12-7-3-1-2-4-10(7)18-15(12)22/h7-12H,1-4H2,(H,18,22)(H,19,20,21)/t7-,8-,9+,10-,11?,12-/m1/s1. The molecule has 114 valence electrons. The molecule has 0 aromatic carbocycles. The Morgan fingerprint density at radius 1 is 0.909 bits per heavy atom. The molecular weight excluding hydrogens is 284 g/mol. The normalized spacial score (nSPS) is 40.9. The molecule has 7 nitrogen and oxygen atoms in total. The molecule has 2 N–H and O–H groups in total. The predicted octanol–water partition coefficient (Wildman–Crippen LogP) is -0.157. The van der Waals surface area contributed by atoms with Gasteiger partial charge in [0.25, 0.3) is 0 Å². The van der Waals surface area contributed by atoms with Crippen molar-refractivity contribution < 1.29 is 14.4 Å². The Kier molecular flexibility index (Phi) is 3.58. The highest BCUT2D eigenvalue weighted by Crippen LogP contribution is 2.44.